The van der Waals surface area contributed by atoms with Gasteiger partial charge in [0, 0.05) is 0 Å². The fourth-order valence-electron chi connectivity index (χ4n) is 1.38. The van der Waals surface area contributed by atoms with Gasteiger partial charge in [-0.25, -0.2) is 9.78 Å². The van der Waals surface area contributed by atoms with Gasteiger partial charge in [0.15, 0.2) is 4.88 Å². The summed E-state index contributed by atoms with van der Waals surface area (Å²) in [6.07, 6.45) is 0. The van der Waals surface area contributed by atoms with Gasteiger partial charge in [-0.2, -0.15) is 5.26 Å². The van der Waals surface area contributed by atoms with E-state index in [1.165, 1.54) is 5.51 Å². The summed E-state index contributed by atoms with van der Waals surface area (Å²) in [5.41, 5.74) is 1.99. The zero-order valence-corrected chi connectivity index (χ0v) is 10.9. The number of esters is 1. The highest BCUT2D eigenvalue weighted by Crippen LogP contribution is 2.27. The number of rotatable bonds is 4. The molecule has 0 aliphatic rings. The Labute approximate surface area is 114 Å². The average Bonchev–Trinajstić information content (AvgIpc) is 2.87. The molecule has 0 saturated heterocycles. The van der Waals surface area contributed by atoms with E-state index in [-0.39, 0.29) is 5.88 Å². The molecule has 0 atom stereocenters. The van der Waals surface area contributed by atoms with E-state index in [2.05, 4.69) is 4.98 Å². The molecule has 0 amide bonds. The molecule has 6 heteroatoms. The summed E-state index contributed by atoms with van der Waals surface area (Å²) in [7, 11) is 0. The van der Waals surface area contributed by atoms with Gasteiger partial charge >= 0.3 is 5.97 Å². The molecule has 2 aromatic rings. The zero-order chi connectivity index (χ0) is 13.7. The van der Waals surface area contributed by atoms with Crippen molar-refractivity contribution in [2.75, 3.05) is 6.61 Å². The monoisotopic (exact) mass is 274 g/mol. The number of thiazole rings is 1. The van der Waals surface area contributed by atoms with E-state index in [9.17, 15) is 4.79 Å². The first-order valence-electron chi connectivity index (χ1n) is 5.53. The molecule has 0 N–H and O–H groups in total. The van der Waals surface area contributed by atoms with Crippen LogP contribution in [0.5, 0.6) is 11.6 Å². The molecule has 0 bridgehead atoms. The van der Waals surface area contributed by atoms with E-state index in [0.717, 1.165) is 11.3 Å². The minimum absolute atomic E-state index is 0.193. The SMILES string of the molecule is CCOC(=O)c1scnc1Oc1cccc(C#N)c1. The summed E-state index contributed by atoms with van der Waals surface area (Å²) < 4.78 is 10.4. The molecule has 1 heterocycles. The molecule has 0 saturated carbocycles. The lowest BCUT2D eigenvalue weighted by atomic mass is 10.2. The molecule has 0 radical (unpaired) electrons. The Balaban J connectivity index is 2.22. The number of benzene rings is 1. The van der Waals surface area contributed by atoms with Crippen LogP contribution in [-0.4, -0.2) is 17.6 Å². The molecule has 1 aromatic heterocycles. The van der Waals surface area contributed by atoms with Crippen LogP contribution in [0.3, 0.4) is 0 Å². The average molecular weight is 274 g/mol. The molecule has 2 rings (SSSR count). The van der Waals surface area contributed by atoms with E-state index >= 15 is 0 Å². The van der Waals surface area contributed by atoms with Gasteiger partial charge in [-0.1, -0.05) is 6.07 Å². The molecular formula is C13H10N2O3S. The van der Waals surface area contributed by atoms with Crippen LogP contribution in [0.15, 0.2) is 29.8 Å². The van der Waals surface area contributed by atoms with Crippen LogP contribution in [0.25, 0.3) is 0 Å². The smallest absolute Gasteiger partial charge is 0.353 e. The van der Waals surface area contributed by atoms with Gasteiger partial charge in [0.1, 0.15) is 5.75 Å². The fourth-order valence-corrected chi connectivity index (χ4v) is 1.99. The highest BCUT2D eigenvalue weighted by Gasteiger charge is 2.17. The van der Waals surface area contributed by atoms with Gasteiger partial charge in [-0.3, -0.25) is 0 Å². The van der Waals surface area contributed by atoms with Crippen LogP contribution in [-0.2, 0) is 4.74 Å². The molecule has 0 aliphatic carbocycles. The van der Waals surface area contributed by atoms with Gasteiger partial charge in [0.2, 0.25) is 5.88 Å². The van der Waals surface area contributed by atoms with Crippen molar-refractivity contribution in [3.63, 3.8) is 0 Å². The highest BCUT2D eigenvalue weighted by atomic mass is 32.1. The molecule has 1 aromatic carbocycles. The van der Waals surface area contributed by atoms with Gasteiger partial charge in [0.05, 0.1) is 23.8 Å². The Hall–Kier alpha value is -2.39. The van der Waals surface area contributed by atoms with Crippen molar-refractivity contribution in [2.45, 2.75) is 6.92 Å². The second-order valence-electron chi connectivity index (χ2n) is 3.45. The highest BCUT2D eigenvalue weighted by molar-refractivity contribution is 7.12. The predicted octanol–water partition coefficient (Wildman–Crippen LogP) is 2.98. The number of nitriles is 1. The lowest BCUT2D eigenvalue weighted by Gasteiger charge is -2.05. The Morgan fingerprint density at radius 1 is 1.53 bits per heavy atom. The van der Waals surface area contributed by atoms with Crippen molar-refractivity contribution in [1.82, 2.24) is 4.98 Å². The number of nitrogens with zero attached hydrogens (tertiary/aromatic N) is 2. The van der Waals surface area contributed by atoms with Crippen LogP contribution >= 0.6 is 11.3 Å². The Morgan fingerprint density at radius 2 is 2.37 bits per heavy atom. The normalized spacial score (nSPS) is 9.68. The summed E-state index contributed by atoms with van der Waals surface area (Å²) in [6.45, 7) is 2.02. The third-order valence-corrected chi connectivity index (χ3v) is 2.96. The third-order valence-electron chi connectivity index (χ3n) is 2.17. The van der Waals surface area contributed by atoms with Crippen molar-refractivity contribution < 1.29 is 14.3 Å². The minimum atomic E-state index is -0.462. The van der Waals surface area contributed by atoms with E-state index < -0.39 is 5.97 Å². The standard InChI is InChI=1S/C13H10N2O3S/c1-2-17-13(16)11-12(15-8-19-11)18-10-5-3-4-9(6-10)7-14/h3-6,8H,2H2,1H3. The van der Waals surface area contributed by atoms with Crippen LogP contribution in [0.2, 0.25) is 0 Å². The van der Waals surface area contributed by atoms with Crippen LogP contribution in [0.4, 0.5) is 0 Å². The first-order valence-corrected chi connectivity index (χ1v) is 6.41. The first kappa shape index (κ1) is 13.1. The third kappa shape index (κ3) is 3.09. The molecule has 5 nitrogen and oxygen atoms in total. The maximum atomic E-state index is 11.7. The largest absolute Gasteiger partial charge is 0.462 e. The van der Waals surface area contributed by atoms with Gasteiger partial charge in [-0.05, 0) is 25.1 Å². The van der Waals surface area contributed by atoms with Crippen molar-refractivity contribution in [3.8, 4) is 17.7 Å². The van der Waals surface area contributed by atoms with Gasteiger partial charge < -0.3 is 9.47 Å². The molecule has 0 spiro atoms. The second kappa shape index (κ2) is 5.98. The summed E-state index contributed by atoms with van der Waals surface area (Å²) in [4.78, 5) is 15.9. The number of aromatic nitrogens is 1. The predicted molar refractivity (Wildman–Crippen MR) is 69.3 cm³/mol. The van der Waals surface area contributed by atoms with Crippen LogP contribution in [0.1, 0.15) is 22.2 Å². The summed E-state index contributed by atoms with van der Waals surface area (Å²) in [5, 5.41) is 8.81. The topological polar surface area (TPSA) is 72.2 Å². The Morgan fingerprint density at radius 3 is 3.11 bits per heavy atom. The van der Waals surface area contributed by atoms with Gasteiger partial charge in [0.25, 0.3) is 0 Å². The fraction of sp³-hybridized carbons (Fsp3) is 0.154. The molecule has 0 aliphatic heterocycles. The summed E-state index contributed by atoms with van der Waals surface area (Å²) in [5.74, 6) is 0.186. The molecule has 0 unspecified atom stereocenters. The first-order chi connectivity index (χ1) is 9.24. The van der Waals surface area contributed by atoms with E-state index in [4.69, 9.17) is 14.7 Å². The molecular weight excluding hydrogens is 264 g/mol. The lowest BCUT2D eigenvalue weighted by molar-refractivity contribution is 0.0529. The van der Waals surface area contributed by atoms with Crippen LogP contribution in [0, 0.1) is 11.3 Å². The number of carbonyl (C=O) groups is 1. The zero-order valence-electron chi connectivity index (χ0n) is 10.1. The quantitative estimate of drug-likeness (QED) is 0.801. The Bertz CT molecular complexity index is 631. The maximum absolute atomic E-state index is 11.7. The summed E-state index contributed by atoms with van der Waals surface area (Å²) in [6, 6.07) is 8.65. The number of carbonyl (C=O) groups excluding carboxylic acids is 1. The van der Waals surface area contributed by atoms with Crippen molar-refractivity contribution >= 4 is 17.3 Å². The van der Waals surface area contributed by atoms with Crippen molar-refractivity contribution in [2.24, 2.45) is 0 Å². The number of hydrogen-bond acceptors (Lipinski definition) is 6. The minimum Gasteiger partial charge on any atom is -0.462 e. The van der Waals surface area contributed by atoms with E-state index in [1.54, 1.807) is 31.2 Å². The second-order valence-corrected chi connectivity index (χ2v) is 4.30. The van der Waals surface area contributed by atoms with E-state index in [1.807, 2.05) is 6.07 Å². The van der Waals surface area contributed by atoms with Gasteiger partial charge in [-0.15, -0.1) is 11.3 Å². The number of hydrogen-bond donors (Lipinski definition) is 0. The van der Waals surface area contributed by atoms with Crippen molar-refractivity contribution in [1.29, 1.82) is 5.26 Å². The van der Waals surface area contributed by atoms with Crippen LogP contribution < -0.4 is 4.74 Å². The molecule has 96 valence electrons. The van der Waals surface area contributed by atoms with E-state index in [0.29, 0.717) is 22.8 Å². The lowest BCUT2D eigenvalue weighted by Crippen LogP contribution is -2.04. The van der Waals surface area contributed by atoms with Crippen molar-refractivity contribution in [3.05, 3.63) is 40.2 Å². The maximum Gasteiger partial charge on any atom is 0.353 e. The number of ether oxygens (including phenoxy) is 2. The Kier molecular flexibility index (Phi) is 4.11. The molecule has 19 heavy (non-hydrogen) atoms. The summed E-state index contributed by atoms with van der Waals surface area (Å²) >= 11 is 1.15. The molecule has 0 fully saturated rings.